The van der Waals surface area contributed by atoms with Gasteiger partial charge in [-0.3, -0.25) is 14.9 Å². The lowest BCUT2D eigenvalue weighted by Gasteiger charge is -2.21. The van der Waals surface area contributed by atoms with Crippen LogP contribution < -0.4 is 5.32 Å². The van der Waals surface area contributed by atoms with Crippen LogP contribution in [0.15, 0.2) is 18.2 Å². The number of aliphatic carboxylic acids is 1. The lowest BCUT2D eigenvalue weighted by Crippen LogP contribution is -2.49. The Morgan fingerprint density at radius 2 is 2.00 bits per heavy atom. The third kappa shape index (κ3) is 3.41. The van der Waals surface area contributed by atoms with Crippen molar-refractivity contribution < 1.29 is 19.6 Å². The molecule has 1 aromatic carbocycles. The van der Waals surface area contributed by atoms with Crippen molar-refractivity contribution in [2.45, 2.75) is 19.4 Å². The summed E-state index contributed by atoms with van der Waals surface area (Å²) in [6, 6.07) is 3.36. The number of rotatable bonds is 4. The molecule has 7 nitrogen and oxygen atoms in total. The van der Waals surface area contributed by atoms with E-state index in [2.05, 4.69) is 5.32 Å². The third-order valence-corrected chi connectivity index (χ3v) is 2.70. The number of amides is 1. The van der Waals surface area contributed by atoms with Crippen molar-refractivity contribution in [2.24, 2.45) is 0 Å². The van der Waals surface area contributed by atoms with E-state index in [9.17, 15) is 19.7 Å². The van der Waals surface area contributed by atoms with Gasteiger partial charge in [0.1, 0.15) is 5.54 Å². The molecule has 0 atom stereocenters. The van der Waals surface area contributed by atoms with E-state index < -0.39 is 22.3 Å². The van der Waals surface area contributed by atoms with E-state index in [-0.39, 0.29) is 16.3 Å². The van der Waals surface area contributed by atoms with Gasteiger partial charge in [-0.25, -0.2) is 4.79 Å². The predicted octanol–water partition coefficient (Wildman–Crippen LogP) is 1.84. The molecule has 8 heteroatoms. The maximum Gasteiger partial charge on any atom is 0.328 e. The average molecular weight is 287 g/mol. The van der Waals surface area contributed by atoms with Crippen molar-refractivity contribution in [3.05, 3.63) is 38.9 Å². The first-order valence-corrected chi connectivity index (χ1v) is 5.53. The number of carboxylic acids is 1. The van der Waals surface area contributed by atoms with Crippen LogP contribution in [0.3, 0.4) is 0 Å². The number of benzene rings is 1. The molecule has 0 fully saturated rings. The summed E-state index contributed by atoms with van der Waals surface area (Å²) >= 11 is 5.77. The van der Waals surface area contributed by atoms with Crippen molar-refractivity contribution in [2.75, 3.05) is 0 Å². The molecule has 1 rings (SSSR count). The molecular weight excluding hydrogens is 276 g/mol. The Bertz CT molecular complexity index is 556. The summed E-state index contributed by atoms with van der Waals surface area (Å²) in [6.45, 7) is 2.58. The minimum absolute atomic E-state index is 0.00397. The molecule has 0 heterocycles. The highest BCUT2D eigenvalue weighted by Gasteiger charge is 2.30. The van der Waals surface area contributed by atoms with Gasteiger partial charge in [0.25, 0.3) is 11.6 Å². The molecule has 1 amide bonds. The smallest absolute Gasteiger partial charge is 0.328 e. The maximum atomic E-state index is 11.9. The number of halogens is 1. The largest absolute Gasteiger partial charge is 0.480 e. The van der Waals surface area contributed by atoms with E-state index >= 15 is 0 Å². The fraction of sp³-hybridized carbons (Fsp3) is 0.273. The molecule has 0 aromatic heterocycles. The zero-order valence-electron chi connectivity index (χ0n) is 10.1. The van der Waals surface area contributed by atoms with Crippen LogP contribution >= 0.6 is 11.6 Å². The summed E-state index contributed by atoms with van der Waals surface area (Å²) in [6.07, 6.45) is 0. The highest BCUT2D eigenvalue weighted by Crippen LogP contribution is 2.22. The van der Waals surface area contributed by atoms with Crippen LogP contribution in [0.2, 0.25) is 5.02 Å². The summed E-state index contributed by atoms with van der Waals surface area (Å²) < 4.78 is 0. The summed E-state index contributed by atoms with van der Waals surface area (Å²) in [5.41, 5.74) is -1.96. The van der Waals surface area contributed by atoms with E-state index in [1.54, 1.807) is 0 Å². The Labute approximate surface area is 113 Å². The Morgan fingerprint density at radius 3 is 2.47 bits per heavy atom. The standard InChI is InChI=1S/C11H11ClN2O5/c1-11(2,10(16)17)13-9(15)7-5-6(14(18)19)3-4-8(7)12/h3-5H,1-2H3,(H,13,15)(H,16,17). The average Bonchev–Trinajstić information content (AvgIpc) is 2.28. The molecule has 0 bridgehead atoms. The second-order valence-electron chi connectivity index (χ2n) is 4.31. The Kier molecular flexibility index (Phi) is 4.10. The molecule has 0 aliphatic heterocycles. The number of non-ortho nitro benzene ring substituents is 1. The normalized spacial score (nSPS) is 10.9. The second-order valence-corrected chi connectivity index (χ2v) is 4.71. The number of nitrogens with one attached hydrogen (secondary N) is 1. The first-order valence-electron chi connectivity index (χ1n) is 5.15. The first kappa shape index (κ1) is 14.9. The quantitative estimate of drug-likeness (QED) is 0.648. The lowest BCUT2D eigenvalue weighted by molar-refractivity contribution is -0.384. The summed E-state index contributed by atoms with van der Waals surface area (Å²) in [5.74, 6) is -2.02. The van der Waals surface area contributed by atoms with Crippen LogP contribution in [-0.2, 0) is 4.79 Å². The van der Waals surface area contributed by atoms with Crippen molar-refractivity contribution >= 4 is 29.2 Å². The number of nitrogens with zero attached hydrogens (tertiary/aromatic N) is 1. The molecule has 2 N–H and O–H groups in total. The number of hydrogen-bond donors (Lipinski definition) is 2. The molecule has 0 radical (unpaired) electrons. The number of carbonyl (C=O) groups excluding carboxylic acids is 1. The first-order chi connectivity index (χ1) is 8.65. The monoisotopic (exact) mass is 286 g/mol. The minimum atomic E-state index is -1.51. The van der Waals surface area contributed by atoms with E-state index in [0.29, 0.717) is 0 Å². The van der Waals surface area contributed by atoms with Gasteiger partial charge >= 0.3 is 5.97 Å². The van der Waals surface area contributed by atoms with Gasteiger partial charge in [-0.15, -0.1) is 0 Å². The summed E-state index contributed by atoms with van der Waals surface area (Å²) in [7, 11) is 0. The van der Waals surface area contributed by atoms with Gasteiger partial charge in [-0.05, 0) is 19.9 Å². The van der Waals surface area contributed by atoms with Gasteiger partial charge in [-0.2, -0.15) is 0 Å². The van der Waals surface area contributed by atoms with Gasteiger partial charge in [-0.1, -0.05) is 11.6 Å². The van der Waals surface area contributed by atoms with Crippen LogP contribution in [0.1, 0.15) is 24.2 Å². The van der Waals surface area contributed by atoms with Crippen molar-refractivity contribution in [3.63, 3.8) is 0 Å². The molecule has 0 aliphatic rings. The van der Waals surface area contributed by atoms with Crippen LogP contribution in [-0.4, -0.2) is 27.4 Å². The van der Waals surface area contributed by atoms with Gasteiger partial charge < -0.3 is 10.4 Å². The van der Waals surface area contributed by atoms with E-state index in [1.165, 1.54) is 19.9 Å². The Hall–Kier alpha value is -2.15. The van der Waals surface area contributed by atoms with Crippen molar-refractivity contribution in [1.82, 2.24) is 5.32 Å². The van der Waals surface area contributed by atoms with Crippen molar-refractivity contribution in [3.8, 4) is 0 Å². The molecule has 1 aromatic rings. The molecule has 0 spiro atoms. The molecule has 0 saturated heterocycles. The van der Waals surface area contributed by atoms with Crippen LogP contribution in [0.5, 0.6) is 0 Å². The van der Waals surface area contributed by atoms with Gasteiger partial charge in [0.2, 0.25) is 0 Å². The fourth-order valence-corrected chi connectivity index (χ4v) is 1.41. The maximum absolute atomic E-state index is 11.9. The molecule has 102 valence electrons. The fourth-order valence-electron chi connectivity index (χ4n) is 1.21. The van der Waals surface area contributed by atoms with Crippen molar-refractivity contribution in [1.29, 1.82) is 0 Å². The lowest BCUT2D eigenvalue weighted by atomic mass is 10.1. The third-order valence-electron chi connectivity index (χ3n) is 2.37. The second kappa shape index (κ2) is 5.23. The SMILES string of the molecule is CC(C)(NC(=O)c1cc([N+](=O)[O-])ccc1Cl)C(=O)O. The molecular formula is C11H11ClN2O5. The van der Waals surface area contributed by atoms with Crippen LogP contribution in [0.4, 0.5) is 5.69 Å². The highest BCUT2D eigenvalue weighted by molar-refractivity contribution is 6.34. The Morgan fingerprint density at radius 1 is 1.42 bits per heavy atom. The summed E-state index contributed by atoms with van der Waals surface area (Å²) in [4.78, 5) is 32.7. The van der Waals surface area contributed by atoms with Crippen LogP contribution in [0.25, 0.3) is 0 Å². The number of hydrogen-bond acceptors (Lipinski definition) is 4. The van der Waals surface area contributed by atoms with Crippen LogP contribution in [0, 0.1) is 10.1 Å². The van der Waals surface area contributed by atoms with E-state index in [1.807, 2.05) is 0 Å². The molecule has 19 heavy (non-hydrogen) atoms. The zero-order valence-corrected chi connectivity index (χ0v) is 10.9. The molecule has 0 aliphatic carbocycles. The Balaban J connectivity index is 3.09. The predicted molar refractivity (Wildman–Crippen MR) is 67.3 cm³/mol. The number of nitro benzene ring substituents is 1. The zero-order chi connectivity index (χ0) is 14.8. The molecule has 0 unspecified atom stereocenters. The minimum Gasteiger partial charge on any atom is -0.480 e. The van der Waals surface area contributed by atoms with E-state index in [0.717, 1.165) is 12.1 Å². The number of carboxylic acid groups (broad SMARTS) is 1. The topological polar surface area (TPSA) is 110 Å². The number of carbonyl (C=O) groups is 2. The highest BCUT2D eigenvalue weighted by atomic mass is 35.5. The number of nitro groups is 1. The molecule has 0 saturated carbocycles. The van der Waals surface area contributed by atoms with Gasteiger partial charge in [0.15, 0.2) is 0 Å². The van der Waals surface area contributed by atoms with Gasteiger partial charge in [0, 0.05) is 12.1 Å². The van der Waals surface area contributed by atoms with Gasteiger partial charge in [0.05, 0.1) is 15.5 Å². The summed E-state index contributed by atoms with van der Waals surface area (Å²) in [5, 5.41) is 21.7. The van der Waals surface area contributed by atoms with E-state index in [4.69, 9.17) is 16.7 Å².